The Balaban J connectivity index is 3.19. The first-order valence-electron chi connectivity index (χ1n) is 3.35. The van der Waals surface area contributed by atoms with Crippen LogP contribution < -0.4 is 10.6 Å². The van der Waals surface area contributed by atoms with Crippen LogP contribution in [0.25, 0.3) is 0 Å². The molecule has 0 aliphatic heterocycles. The van der Waals surface area contributed by atoms with Crippen LogP contribution in [-0.2, 0) is 0 Å². The molecular weight excluding hydrogens is 176 g/mol. The van der Waals surface area contributed by atoms with Crippen molar-refractivity contribution in [2.45, 2.75) is 0 Å². The normalized spacial score (nSPS) is 10.5. The average Bonchev–Trinajstić information content (AvgIpc) is 2.09. The van der Waals surface area contributed by atoms with E-state index in [2.05, 4.69) is 5.10 Å². The van der Waals surface area contributed by atoms with E-state index < -0.39 is 0 Å². The lowest BCUT2D eigenvalue weighted by atomic mass is 10.2. The minimum Gasteiger partial charge on any atom is -0.496 e. The molecule has 0 aliphatic carbocycles. The van der Waals surface area contributed by atoms with Crippen LogP contribution in [-0.4, -0.2) is 13.3 Å². The summed E-state index contributed by atoms with van der Waals surface area (Å²) in [7, 11) is 1.57. The molecule has 0 unspecified atom stereocenters. The third kappa shape index (κ3) is 1.68. The zero-order valence-corrected chi connectivity index (χ0v) is 7.38. The summed E-state index contributed by atoms with van der Waals surface area (Å²) in [6.07, 6.45) is 1.46. The predicted molar refractivity (Wildman–Crippen MR) is 49.8 cm³/mol. The summed E-state index contributed by atoms with van der Waals surface area (Å²) < 4.78 is 5.05. The summed E-state index contributed by atoms with van der Waals surface area (Å²) in [4.78, 5) is 0. The highest BCUT2D eigenvalue weighted by Gasteiger charge is 2.03. The monoisotopic (exact) mass is 184 g/mol. The molecule has 12 heavy (non-hydrogen) atoms. The van der Waals surface area contributed by atoms with Gasteiger partial charge in [0.25, 0.3) is 0 Å². The Labute approximate surface area is 75.8 Å². The fourth-order valence-electron chi connectivity index (χ4n) is 0.895. The van der Waals surface area contributed by atoms with E-state index in [4.69, 9.17) is 22.2 Å². The lowest BCUT2D eigenvalue weighted by Crippen LogP contribution is -1.93. The molecule has 4 heteroatoms. The fraction of sp³-hybridized carbons (Fsp3) is 0.125. The van der Waals surface area contributed by atoms with Crippen LogP contribution in [0.2, 0.25) is 5.02 Å². The number of hydrazone groups is 1. The Hall–Kier alpha value is -1.22. The molecule has 1 rings (SSSR count). The van der Waals surface area contributed by atoms with Gasteiger partial charge < -0.3 is 10.6 Å². The van der Waals surface area contributed by atoms with Gasteiger partial charge in [-0.2, -0.15) is 5.10 Å². The third-order valence-corrected chi connectivity index (χ3v) is 1.77. The highest BCUT2D eigenvalue weighted by Crippen LogP contribution is 2.23. The maximum Gasteiger partial charge on any atom is 0.129 e. The standard InChI is InChI=1S/C8H9ClN2O/c1-12-8-4-2-3-7(9)6(8)5-11-10/h2-5H,10H2,1H3/b11-5+. The van der Waals surface area contributed by atoms with Crippen LogP contribution in [0.15, 0.2) is 23.3 Å². The second kappa shape index (κ2) is 3.97. The van der Waals surface area contributed by atoms with Crippen molar-refractivity contribution >= 4 is 17.8 Å². The maximum atomic E-state index is 5.86. The SMILES string of the molecule is COc1cccc(Cl)c1/C=N/N. The molecule has 3 nitrogen and oxygen atoms in total. The molecule has 0 saturated heterocycles. The molecular formula is C8H9ClN2O. The van der Waals surface area contributed by atoms with Crippen LogP contribution in [0.3, 0.4) is 0 Å². The van der Waals surface area contributed by atoms with E-state index in [9.17, 15) is 0 Å². The number of nitrogens with two attached hydrogens (primary N) is 1. The van der Waals surface area contributed by atoms with E-state index in [1.54, 1.807) is 25.3 Å². The molecule has 0 fully saturated rings. The Bertz CT molecular complexity index is 299. The Morgan fingerprint density at radius 2 is 2.33 bits per heavy atom. The highest BCUT2D eigenvalue weighted by molar-refractivity contribution is 6.33. The van der Waals surface area contributed by atoms with Crippen molar-refractivity contribution < 1.29 is 4.74 Å². The van der Waals surface area contributed by atoms with Gasteiger partial charge in [0.15, 0.2) is 0 Å². The first-order valence-corrected chi connectivity index (χ1v) is 3.73. The molecule has 0 atom stereocenters. The molecule has 1 aromatic rings. The van der Waals surface area contributed by atoms with Crippen molar-refractivity contribution in [2.75, 3.05) is 7.11 Å². The van der Waals surface area contributed by atoms with Crippen molar-refractivity contribution in [1.82, 2.24) is 0 Å². The van der Waals surface area contributed by atoms with Crippen molar-refractivity contribution in [2.24, 2.45) is 10.9 Å². The molecule has 0 spiro atoms. The molecule has 2 N–H and O–H groups in total. The van der Waals surface area contributed by atoms with E-state index in [0.29, 0.717) is 16.3 Å². The molecule has 64 valence electrons. The van der Waals surface area contributed by atoms with Gasteiger partial charge in [-0.3, -0.25) is 0 Å². The van der Waals surface area contributed by atoms with Gasteiger partial charge in [-0.05, 0) is 12.1 Å². The summed E-state index contributed by atoms with van der Waals surface area (Å²) in [5.74, 6) is 5.67. The second-order valence-electron chi connectivity index (χ2n) is 2.13. The van der Waals surface area contributed by atoms with E-state index >= 15 is 0 Å². The van der Waals surface area contributed by atoms with Crippen LogP contribution in [0.5, 0.6) is 5.75 Å². The van der Waals surface area contributed by atoms with Gasteiger partial charge >= 0.3 is 0 Å². The zero-order chi connectivity index (χ0) is 8.97. The number of methoxy groups -OCH3 is 1. The Morgan fingerprint density at radius 3 is 2.92 bits per heavy atom. The zero-order valence-electron chi connectivity index (χ0n) is 6.62. The quantitative estimate of drug-likeness (QED) is 0.432. The largest absolute Gasteiger partial charge is 0.496 e. The molecule has 0 aliphatic rings. The topological polar surface area (TPSA) is 47.6 Å². The molecule has 0 aromatic heterocycles. The minimum atomic E-state index is 0.573. The first-order chi connectivity index (χ1) is 5.79. The fourth-order valence-corrected chi connectivity index (χ4v) is 1.11. The van der Waals surface area contributed by atoms with E-state index in [0.717, 1.165) is 0 Å². The first kappa shape index (κ1) is 8.87. The second-order valence-corrected chi connectivity index (χ2v) is 2.54. The van der Waals surface area contributed by atoms with Crippen LogP contribution >= 0.6 is 11.6 Å². The molecule has 0 saturated carbocycles. The number of rotatable bonds is 2. The lowest BCUT2D eigenvalue weighted by Gasteiger charge is -2.04. The number of hydrogen-bond donors (Lipinski definition) is 1. The Morgan fingerprint density at radius 1 is 1.58 bits per heavy atom. The van der Waals surface area contributed by atoms with Gasteiger partial charge in [0, 0.05) is 0 Å². The number of hydrogen-bond acceptors (Lipinski definition) is 3. The third-order valence-electron chi connectivity index (χ3n) is 1.44. The van der Waals surface area contributed by atoms with Crippen LogP contribution in [0.4, 0.5) is 0 Å². The van der Waals surface area contributed by atoms with E-state index in [1.807, 2.05) is 0 Å². The number of ether oxygens (including phenoxy) is 1. The van der Waals surface area contributed by atoms with Crippen molar-refractivity contribution in [1.29, 1.82) is 0 Å². The summed E-state index contributed by atoms with van der Waals surface area (Å²) in [6.45, 7) is 0. The van der Waals surface area contributed by atoms with E-state index in [-0.39, 0.29) is 0 Å². The van der Waals surface area contributed by atoms with Gasteiger partial charge in [-0.1, -0.05) is 17.7 Å². The van der Waals surface area contributed by atoms with Gasteiger partial charge in [-0.15, -0.1) is 0 Å². The summed E-state index contributed by atoms with van der Waals surface area (Å²) in [5, 5.41) is 3.96. The molecule has 0 amide bonds. The van der Waals surface area contributed by atoms with Gasteiger partial charge in [-0.25, -0.2) is 0 Å². The smallest absolute Gasteiger partial charge is 0.129 e. The van der Waals surface area contributed by atoms with Gasteiger partial charge in [0.2, 0.25) is 0 Å². The minimum absolute atomic E-state index is 0.573. The summed E-state index contributed by atoms with van der Waals surface area (Å²) in [5.41, 5.74) is 0.698. The van der Waals surface area contributed by atoms with Crippen molar-refractivity contribution in [3.63, 3.8) is 0 Å². The average molecular weight is 185 g/mol. The number of benzene rings is 1. The number of nitrogens with zero attached hydrogens (tertiary/aromatic N) is 1. The summed E-state index contributed by atoms with van der Waals surface area (Å²) in [6, 6.07) is 5.35. The van der Waals surface area contributed by atoms with Gasteiger partial charge in [0.05, 0.1) is 23.9 Å². The molecule has 0 bridgehead atoms. The number of halogens is 1. The van der Waals surface area contributed by atoms with Crippen LogP contribution in [0.1, 0.15) is 5.56 Å². The highest BCUT2D eigenvalue weighted by atomic mass is 35.5. The predicted octanol–water partition coefficient (Wildman–Crippen LogP) is 1.64. The summed E-state index contributed by atoms with van der Waals surface area (Å²) >= 11 is 5.86. The maximum absolute atomic E-state index is 5.86. The van der Waals surface area contributed by atoms with Gasteiger partial charge in [0.1, 0.15) is 5.75 Å². The van der Waals surface area contributed by atoms with Crippen molar-refractivity contribution in [3.8, 4) is 5.75 Å². The van der Waals surface area contributed by atoms with Crippen LogP contribution in [0, 0.1) is 0 Å². The molecule has 0 heterocycles. The van der Waals surface area contributed by atoms with Crippen molar-refractivity contribution in [3.05, 3.63) is 28.8 Å². The molecule has 0 radical (unpaired) electrons. The van der Waals surface area contributed by atoms with E-state index in [1.165, 1.54) is 6.21 Å². The Kier molecular flexibility index (Phi) is 2.94. The molecule has 1 aromatic carbocycles. The lowest BCUT2D eigenvalue weighted by molar-refractivity contribution is 0.414.